The molecule has 330 valence electrons. The third-order valence-corrected chi connectivity index (χ3v) is 21.1. The molecule has 4 aromatic rings. The van der Waals surface area contributed by atoms with Gasteiger partial charge in [-0.15, -0.1) is 5.54 Å². The van der Waals surface area contributed by atoms with Crippen LogP contribution in [0.4, 0.5) is 19.4 Å². The van der Waals surface area contributed by atoms with Crippen LogP contribution in [0.1, 0.15) is 100.0 Å². The predicted molar refractivity (Wildman–Crippen MR) is 242 cm³/mol. The maximum absolute atomic E-state index is 17.7. The summed E-state index contributed by atoms with van der Waals surface area (Å²) < 4.78 is 52.0. The van der Waals surface area contributed by atoms with Gasteiger partial charge in [-0.2, -0.15) is 9.97 Å². The normalized spacial score (nSPS) is 23.5. The maximum atomic E-state index is 17.7. The lowest BCUT2D eigenvalue weighted by molar-refractivity contribution is -0.107. The quantitative estimate of drug-likeness (QED) is 0.127. The van der Waals surface area contributed by atoms with Crippen LogP contribution in [-0.4, -0.2) is 108 Å². The van der Waals surface area contributed by atoms with E-state index in [-0.39, 0.29) is 51.9 Å². The molecular formula is C49H62F2N6O4Si. The van der Waals surface area contributed by atoms with Crippen LogP contribution in [-0.2, 0) is 9.47 Å². The van der Waals surface area contributed by atoms with Crippen molar-refractivity contribution in [3.8, 4) is 28.7 Å². The molecule has 10 nitrogen and oxygen atoms in total. The van der Waals surface area contributed by atoms with Crippen LogP contribution in [0.2, 0.25) is 16.6 Å². The second kappa shape index (κ2) is 15.7. The van der Waals surface area contributed by atoms with Crippen molar-refractivity contribution in [2.75, 3.05) is 50.9 Å². The molecule has 2 aromatic carbocycles. The zero-order valence-corrected chi connectivity index (χ0v) is 38.9. The molecular weight excluding hydrogens is 803 g/mol. The Kier molecular flexibility index (Phi) is 10.9. The van der Waals surface area contributed by atoms with E-state index in [9.17, 15) is 4.79 Å². The van der Waals surface area contributed by atoms with Gasteiger partial charge in [-0.3, -0.25) is 14.8 Å². The Hall–Kier alpha value is -4.38. The van der Waals surface area contributed by atoms with E-state index in [0.717, 1.165) is 63.8 Å². The van der Waals surface area contributed by atoms with Crippen LogP contribution in [0.15, 0.2) is 36.5 Å². The van der Waals surface area contributed by atoms with Gasteiger partial charge < -0.3 is 19.1 Å². The van der Waals surface area contributed by atoms with Crippen molar-refractivity contribution in [3.63, 3.8) is 0 Å². The first-order valence-electron chi connectivity index (χ1n) is 22.8. The number of carbonyl (C=O) groups excluding carboxylic acids is 1. The molecule has 0 aliphatic carbocycles. The van der Waals surface area contributed by atoms with Gasteiger partial charge in [0, 0.05) is 42.2 Å². The lowest BCUT2D eigenvalue weighted by Gasteiger charge is -2.42. The summed E-state index contributed by atoms with van der Waals surface area (Å²) in [5.41, 5.74) is 4.99. The lowest BCUT2D eigenvalue weighted by Crippen LogP contribution is -2.57. The number of fused-ring (bicyclic) bond motifs is 5. The van der Waals surface area contributed by atoms with Crippen molar-refractivity contribution in [1.82, 2.24) is 24.8 Å². The van der Waals surface area contributed by atoms with Gasteiger partial charge in [-0.05, 0) is 87.5 Å². The Balaban J connectivity index is 1.15. The Labute approximate surface area is 366 Å². The van der Waals surface area contributed by atoms with E-state index < -0.39 is 25.3 Å². The van der Waals surface area contributed by atoms with Gasteiger partial charge in [0.05, 0.1) is 41.8 Å². The molecule has 9 rings (SSSR count). The van der Waals surface area contributed by atoms with Crippen LogP contribution in [0.5, 0.6) is 6.01 Å². The molecule has 1 spiro atoms. The topological polar surface area (TPSA) is 93.2 Å². The van der Waals surface area contributed by atoms with Crippen molar-refractivity contribution < 1.29 is 27.8 Å². The summed E-state index contributed by atoms with van der Waals surface area (Å²) >= 11 is 0. The minimum absolute atomic E-state index is 0.0607. The molecule has 5 fully saturated rings. The molecule has 2 aromatic heterocycles. The summed E-state index contributed by atoms with van der Waals surface area (Å²) in [7, 11) is -2.25. The fraction of sp³-hybridized carbons (Fsp3) is 0.592. The van der Waals surface area contributed by atoms with Gasteiger partial charge >= 0.3 is 12.1 Å². The highest BCUT2D eigenvalue weighted by molar-refractivity contribution is 6.90. The molecule has 0 saturated carbocycles. The monoisotopic (exact) mass is 864 g/mol. The minimum Gasteiger partial charge on any atom is -0.461 e. The maximum Gasteiger partial charge on any atom is 0.410 e. The Morgan fingerprint density at radius 1 is 1.00 bits per heavy atom. The number of rotatable bonds is 8. The molecule has 5 aliphatic rings. The van der Waals surface area contributed by atoms with Crippen LogP contribution in [0.25, 0.3) is 32.9 Å². The highest BCUT2D eigenvalue weighted by Gasteiger charge is 2.58. The average Bonchev–Trinajstić information content (AvgIpc) is 3.83. The van der Waals surface area contributed by atoms with E-state index in [0.29, 0.717) is 58.5 Å². The number of anilines is 1. The van der Waals surface area contributed by atoms with E-state index in [1.807, 2.05) is 37.8 Å². The molecule has 5 saturated heterocycles. The van der Waals surface area contributed by atoms with Crippen LogP contribution in [0, 0.1) is 28.5 Å². The van der Waals surface area contributed by atoms with Gasteiger partial charge in [0.15, 0.2) is 5.82 Å². The SMILES string of the molecule is CC(C)[Si](C#Cc1c(F)ccc2cccc(-c3ncc4c(N5C[C@H]6CC[C@@H](C5)N6C(=O)OC(C)(C)C)nc(OCC56CCCN5CC5(COC5)C6)nc4c3F)c12)(C(C)C)C(C)C. The van der Waals surface area contributed by atoms with Gasteiger partial charge in [-0.25, -0.2) is 13.6 Å². The molecule has 62 heavy (non-hydrogen) atoms. The molecule has 1 amide bonds. The standard InChI is InChI=1S/C49H62F2N6O4Si/c1-30(2)62(31(3)4,32(5)6)21-18-36-39(50)17-14-33-12-10-13-37(40(33)36)42-41(51)43-38(22-52-42)44(55-23-34-15-16-35(24-55)57(34)46(58)61-47(7,8)9)54-45(53-43)60-29-49-19-11-20-56(49)26-48(25-49)27-59-28-48/h10,12-14,17,22,30-32,34-35H,11,15-16,19-20,23-29H2,1-9H3/t34-,35+,49?. The molecule has 7 heterocycles. The summed E-state index contributed by atoms with van der Waals surface area (Å²) in [6.07, 6.45) is 6.05. The van der Waals surface area contributed by atoms with Crippen molar-refractivity contribution >= 4 is 41.7 Å². The number of piperazine rings is 1. The number of nitrogens with zero attached hydrogens (tertiary/aromatic N) is 6. The third kappa shape index (κ3) is 7.22. The Bertz CT molecular complexity index is 2440. The van der Waals surface area contributed by atoms with Crippen LogP contribution < -0.4 is 9.64 Å². The van der Waals surface area contributed by atoms with E-state index in [1.54, 1.807) is 18.3 Å². The van der Waals surface area contributed by atoms with Crippen LogP contribution in [0.3, 0.4) is 0 Å². The molecule has 3 atom stereocenters. The van der Waals surface area contributed by atoms with Crippen molar-refractivity contribution in [3.05, 3.63) is 53.7 Å². The summed E-state index contributed by atoms with van der Waals surface area (Å²) in [6, 6.07) is 8.63. The van der Waals surface area contributed by atoms with Gasteiger partial charge in [0.2, 0.25) is 0 Å². The van der Waals surface area contributed by atoms with E-state index in [2.05, 4.69) is 62.8 Å². The molecule has 5 aliphatic heterocycles. The zero-order chi connectivity index (χ0) is 43.9. The summed E-state index contributed by atoms with van der Waals surface area (Å²) in [5, 5.41) is 1.72. The second-order valence-corrected chi connectivity index (χ2v) is 26.5. The number of halogens is 2. The third-order valence-electron chi connectivity index (χ3n) is 14.8. The molecule has 0 N–H and O–H groups in total. The second-order valence-electron chi connectivity index (χ2n) is 20.9. The largest absolute Gasteiger partial charge is 0.461 e. The first-order valence-corrected chi connectivity index (χ1v) is 25.0. The summed E-state index contributed by atoms with van der Waals surface area (Å²) in [4.78, 5) is 34.7. The first kappa shape index (κ1) is 42.9. The highest BCUT2D eigenvalue weighted by Crippen LogP contribution is 2.51. The smallest absolute Gasteiger partial charge is 0.410 e. The first-order chi connectivity index (χ1) is 29.4. The van der Waals surface area contributed by atoms with Crippen molar-refractivity contribution in [2.24, 2.45) is 5.41 Å². The van der Waals surface area contributed by atoms with E-state index in [4.69, 9.17) is 29.2 Å². The summed E-state index contributed by atoms with van der Waals surface area (Å²) in [5.74, 6) is 2.81. The number of hydrogen-bond donors (Lipinski definition) is 0. The molecule has 1 unspecified atom stereocenters. The molecule has 13 heteroatoms. The number of hydrogen-bond acceptors (Lipinski definition) is 9. The highest BCUT2D eigenvalue weighted by atomic mass is 28.3. The van der Waals surface area contributed by atoms with E-state index >= 15 is 8.78 Å². The van der Waals surface area contributed by atoms with Crippen LogP contribution >= 0.6 is 0 Å². The fourth-order valence-electron chi connectivity index (χ4n) is 12.1. The van der Waals surface area contributed by atoms with Gasteiger partial charge in [0.1, 0.15) is 43.1 Å². The number of pyridine rings is 1. The average molecular weight is 865 g/mol. The molecule has 2 bridgehead atoms. The Morgan fingerprint density at radius 2 is 1.71 bits per heavy atom. The lowest BCUT2D eigenvalue weighted by atomic mass is 9.78. The number of carbonyl (C=O) groups is 1. The number of benzene rings is 2. The zero-order valence-electron chi connectivity index (χ0n) is 37.9. The Morgan fingerprint density at radius 3 is 2.35 bits per heavy atom. The number of aromatic nitrogens is 3. The van der Waals surface area contributed by atoms with Crippen molar-refractivity contribution in [2.45, 2.75) is 134 Å². The fourth-order valence-corrected chi connectivity index (χ4v) is 17.3. The van der Waals surface area contributed by atoms with Crippen molar-refractivity contribution in [1.29, 1.82) is 0 Å². The minimum atomic E-state index is -2.25. The van der Waals surface area contributed by atoms with Gasteiger partial charge in [0.25, 0.3) is 0 Å². The number of amides is 1. The van der Waals surface area contributed by atoms with E-state index in [1.165, 1.54) is 6.07 Å². The number of ether oxygens (including phenoxy) is 3. The molecule has 0 radical (unpaired) electrons. The summed E-state index contributed by atoms with van der Waals surface area (Å²) in [6.45, 7) is 23.9. The van der Waals surface area contributed by atoms with Gasteiger partial charge in [-0.1, -0.05) is 71.7 Å². The predicted octanol–water partition coefficient (Wildman–Crippen LogP) is 9.91.